The van der Waals surface area contributed by atoms with E-state index < -0.39 is 0 Å². The maximum Gasteiger partial charge on any atom is 0.255 e. The lowest BCUT2D eigenvalue weighted by molar-refractivity contribution is 0.0706. The second-order valence-corrected chi connectivity index (χ2v) is 6.85. The molecule has 3 aromatic rings. The Morgan fingerprint density at radius 1 is 1.43 bits per heavy atom. The number of nitrogens with zero attached hydrogens (tertiary/aromatic N) is 4. The van der Waals surface area contributed by atoms with Crippen LogP contribution in [0.4, 0.5) is 0 Å². The zero-order valence-electron chi connectivity index (χ0n) is 13.0. The van der Waals surface area contributed by atoms with Crippen LogP contribution in [0.2, 0.25) is 0 Å². The number of carbonyl (C=O) groups is 1. The van der Waals surface area contributed by atoms with Crippen LogP contribution in [0, 0.1) is 6.92 Å². The number of fused-ring (bicyclic) bond motifs is 1. The van der Waals surface area contributed by atoms with E-state index >= 15 is 0 Å². The molecule has 1 aliphatic rings. The fourth-order valence-corrected chi connectivity index (χ4v) is 4.27. The molecule has 23 heavy (non-hydrogen) atoms. The monoisotopic (exact) mass is 326 g/mol. The van der Waals surface area contributed by atoms with Gasteiger partial charge in [0.15, 0.2) is 0 Å². The first kappa shape index (κ1) is 14.4. The number of aromatic nitrogens is 3. The van der Waals surface area contributed by atoms with Crippen molar-refractivity contribution in [3.8, 4) is 0 Å². The Hall–Kier alpha value is -2.21. The van der Waals surface area contributed by atoms with E-state index in [1.165, 1.54) is 4.83 Å². The molecule has 0 spiro atoms. The van der Waals surface area contributed by atoms with E-state index in [2.05, 4.69) is 21.0 Å². The number of amides is 1. The Labute approximate surface area is 138 Å². The van der Waals surface area contributed by atoms with Crippen molar-refractivity contribution in [3.05, 3.63) is 53.2 Å². The SMILES string of the molecule is Cc1nc([C@H]2CCCN(C(=O)c3cccnc3)C2)c2sccn12. The van der Waals surface area contributed by atoms with Gasteiger partial charge in [0.1, 0.15) is 10.7 Å². The number of aryl methyl sites for hydroxylation is 1. The maximum absolute atomic E-state index is 12.7. The molecule has 1 amide bonds. The summed E-state index contributed by atoms with van der Waals surface area (Å²) in [5, 5.41) is 2.09. The van der Waals surface area contributed by atoms with Crippen molar-refractivity contribution < 1.29 is 4.79 Å². The number of imidazole rings is 1. The second-order valence-electron chi connectivity index (χ2n) is 5.95. The van der Waals surface area contributed by atoms with Gasteiger partial charge in [-0.15, -0.1) is 11.3 Å². The molecule has 6 heteroatoms. The van der Waals surface area contributed by atoms with Crippen molar-refractivity contribution in [2.75, 3.05) is 13.1 Å². The number of hydrogen-bond donors (Lipinski definition) is 0. The average molecular weight is 326 g/mol. The summed E-state index contributed by atoms with van der Waals surface area (Å²) in [7, 11) is 0. The molecule has 3 aromatic heterocycles. The summed E-state index contributed by atoms with van der Waals surface area (Å²) >= 11 is 1.72. The van der Waals surface area contributed by atoms with Gasteiger partial charge in [-0.3, -0.25) is 14.2 Å². The lowest BCUT2D eigenvalue weighted by Crippen LogP contribution is -2.39. The number of hydrogen-bond acceptors (Lipinski definition) is 4. The molecule has 1 atom stereocenters. The predicted molar refractivity (Wildman–Crippen MR) is 89.9 cm³/mol. The van der Waals surface area contributed by atoms with Crippen molar-refractivity contribution in [3.63, 3.8) is 0 Å². The number of rotatable bonds is 2. The summed E-state index contributed by atoms with van der Waals surface area (Å²) < 4.78 is 2.14. The molecular formula is C17H18N4OS. The molecule has 1 fully saturated rings. The molecule has 0 unspecified atom stereocenters. The normalized spacial score (nSPS) is 18.5. The van der Waals surface area contributed by atoms with Crippen LogP contribution in [-0.2, 0) is 0 Å². The zero-order valence-corrected chi connectivity index (χ0v) is 13.8. The Morgan fingerprint density at radius 2 is 2.35 bits per heavy atom. The Bertz CT molecular complexity index is 839. The highest BCUT2D eigenvalue weighted by Gasteiger charge is 2.28. The third kappa shape index (κ3) is 2.53. The molecule has 0 saturated carbocycles. The molecule has 1 saturated heterocycles. The van der Waals surface area contributed by atoms with Crippen LogP contribution in [0.1, 0.15) is 40.6 Å². The van der Waals surface area contributed by atoms with Gasteiger partial charge in [0.05, 0.1) is 11.3 Å². The highest BCUT2D eigenvalue weighted by molar-refractivity contribution is 7.15. The lowest BCUT2D eigenvalue weighted by atomic mass is 9.95. The predicted octanol–water partition coefficient (Wildman–Crippen LogP) is 3.12. The Kier molecular flexibility index (Phi) is 3.61. The van der Waals surface area contributed by atoms with Crippen molar-refractivity contribution in [1.82, 2.24) is 19.3 Å². The third-order valence-electron chi connectivity index (χ3n) is 4.46. The highest BCUT2D eigenvalue weighted by Crippen LogP contribution is 2.32. The van der Waals surface area contributed by atoms with Gasteiger partial charge in [-0.05, 0) is 31.9 Å². The standard InChI is InChI=1S/C17H18N4OS/c1-12-19-15(17-21(12)8-9-23-17)14-5-3-7-20(11-14)16(22)13-4-2-6-18-10-13/h2,4,6,8-10,14H,3,5,7,11H2,1H3/t14-/m0/s1. The van der Waals surface area contributed by atoms with Gasteiger partial charge >= 0.3 is 0 Å². The van der Waals surface area contributed by atoms with Crippen LogP contribution in [0.5, 0.6) is 0 Å². The molecule has 0 radical (unpaired) electrons. The quantitative estimate of drug-likeness (QED) is 0.727. The minimum atomic E-state index is 0.0705. The largest absolute Gasteiger partial charge is 0.338 e. The Balaban J connectivity index is 1.60. The lowest BCUT2D eigenvalue weighted by Gasteiger charge is -2.32. The molecular weight excluding hydrogens is 308 g/mol. The highest BCUT2D eigenvalue weighted by atomic mass is 32.1. The van der Waals surface area contributed by atoms with Gasteiger partial charge in [0.25, 0.3) is 5.91 Å². The molecule has 4 heterocycles. The topological polar surface area (TPSA) is 50.5 Å². The minimum absolute atomic E-state index is 0.0705. The summed E-state index contributed by atoms with van der Waals surface area (Å²) in [6.45, 7) is 3.58. The first-order valence-electron chi connectivity index (χ1n) is 7.85. The number of thiazole rings is 1. The molecule has 4 rings (SSSR count). The summed E-state index contributed by atoms with van der Waals surface area (Å²) in [6, 6.07) is 3.64. The van der Waals surface area contributed by atoms with E-state index in [-0.39, 0.29) is 5.91 Å². The first-order chi connectivity index (χ1) is 11.2. The van der Waals surface area contributed by atoms with E-state index in [1.807, 2.05) is 24.0 Å². The molecule has 1 aliphatic heterocycles. The summed E-state index contributed by atoms with van der Waals surface area (Å²) in [4.78, 5) is 24.6. The van der Waals surface area contributed by atoms with Crippen molar-refractivity contribution in [2.24, 2.45) is 0 Å². The second kappa shape index (κ2) is 5.77. The van der Waals surface area contributed by atoms with Gasteiger partial charge in [-0.25, -0.2) is 4.98 Å². The van der Waals surface area contributed by atoms with Crippen LogP contribution in [0.15, 0.2) is 36.1 Å². The van der Waals surface area contributed by atoms with Gasteiger partial charge in [-0.2, -0.15) is 0 Å². The third-order valence-corrected chi connectivity index (χ3v) is 5.35. The van der Waals surface area contributed by atoms with Crippen LogP contribution in [-0.4, -0.2) is 38.3 Å². The van der Waals surface area contributed by atoms with Crippen LogP contribution < -0.4 is 0 Å². The van der Waals surface area contributed by atoms with Crippen LogP contribution in [0.3, 0.4) is 0 Å². The fraction of sp³-hybridized carbons (Fsp3) is 0.353. The molecule has 0 aromatic carbocycles. The van der Waals surface area contributed by atoms with Crippen LogP contribution >= 0.6 is 11.3 Å². The van der Waals surface area contributed by atoms with E-state index in [0.29, 0.717) is 11.5 Å². The minimum Gasteiger partial charge on any atom is -0.338 e. The van der Waals surface area contributed by atoms with E-state index in [9.17, 15) is 4.79 Å². The maximum atomic E-state index is 12.7. The van der Waals surface area contributed by atoms with E-state index in [0.717, 1.165) is 37.4 Å². The number of pyridine rings is 1. The van der Waals surface area contributed by atoms with Gasteiger partial charge in [-0.1, -0.05) is 0 Å². The fourth-order valence-electron chi connectivity index (χ4n) is 3.32. The van der Waals surface area contributed by atoms with Crippen molar-refractivity contribution in [1.29, 1.82) is 0 Å². The summed E-state index contributed by atoms with van der Waals surface area (Å²) in [5.74, 6) is 1.40. The van der Waals surface area contributed by atoms with Crippen molar-refractivity contribution >= 4 is 22.1 Å². The molecule has 0 aliphatic carbocycles. The van der Waals surface area contributed by atoms with E-state index in [1.54, 1.807) is 23.7 Å². The summed E-state index contributed by atoms with van der Waals surface area (Å²) in [5.41, 5.74) is 1.80. The van der Waals surface area contributed by atoms with Crippen LogP contribution in [0.25, 0.3) is 4.83 Å². The number of likely N-dealkylation sites (tertiary alicyclic amines) is 1. The molecule has 118 valence electrons. The summed E-state index contributed by atoms with van der Waals surface area (Å²) in [6.07, 6.45) is 7.50. The van der Waals surface area contributed by atoms with Gasteiger partial charge in [0.2, 0.25) is 0 Å². The smallest absolute Gasteiger partial charge is 0.255 e. The van der Waals surface area contributed by atoms with Crippen molar-refractivity contribution in [2.45, 2.75) is 25.7 Å². The first-order valence-corrected chi connectivity index (χ1v) is 8.73. The average Bonchev–Trinajstić information content (AvgIpc) is 3.19. The van der Waals surface area contributed by atoms with Gasteiger partial charge in [0, 0.05) is 43.0 Å². The number of piperidine rings is 1. The van der Waals surface area contributed by atoms with Gasteiger partial charge < -0.3 is 4.90 Å². The molecule has 5 nitrogen and oxygen atoms in total. The van der Waals surface area contributed by atoms with E-state index in [4.69, 9.17) is 4.98 Å². The number of carbonyl (C=O) groups excluding carboxylic acids is 1. The zero-order chi connectivity index (χ0) is 15.8. The Morgan fingerprint density at radius 3 is 3.17 bits per heavy atom. The molecule has 0 bridgehead atoms. The molecule has 0 N–H and O–H groups in total.